The maximum Gasteiger partial charge on any atom is 0.237 e. The van der Waals surface area contributed by atoms with Gasteiger partial charge in [0, 0.05) is 19.6 Å². The highest BCUT2D eigenvalue weighted by Gasteiger charge is 2.31. The van der Waals surface area contributed by atoms with Crippen molar-refractivity contribution in [2.75, 3.05) is 26.2 Å². The van der Waals surface area contributed by atoms with Crippen molar-refractivity contribution in [1.82, 2.24) is 10.2 Å². The second-order valence-corrected chi connectivity index (χ2v) is 5.89. The fraction of sp³-hybridized carbons (Fsp3) is 0.929. The molecule has 5 nitrogen and oxygen atoms in total. The number of rotatable bonds is 7. The number of carbonyl (C=O) groups excluding carboxylic acids is 1. The first-order valence-corrected chi connectivity index (χ1v) is 7.30. The summed E-state index contributed by atoms with van der Waals surface area (Å²) in [5.74, 6) is -0.268. The lowest BCUT2D eigenvalue weighted by Crippen LogP contribution is -2.56. The highest BCUT2D eigenvalue weighted by atomic mass is 16.5. The van der Waals surface area contributed by atoms with E-state index in [9.17, 15) is 4.79 Å². The number of carbonyl (C=O) groups is 1. The molecular formula is C14H29N3O2. The largest absolute Gasteiger partial charge is 0.373 e. The van der Waals surface area contributed by atoms with Crippen LogP contribution in [0.5, 0.6) is 0 Å². The lowest BCUT2D eigenvalue weighted by molar-refractivity contribution is -0.124. The summed E-state index contributed by atoms with van der Waals surface area (Å²) in [7, 11) is 0. The Hall–Kier alpha value is -0.650. The van der Waals surface area contributed by atoms with Crippen molar-refractivity contribution in [1.29, 1.82) is 0 Å². The predicted molar refractivity (Wildman–Crippen MR) is 77.0 cm³/mol. The van der Waals surface area contributed by atoms with Crippen LogP contribution in [0.2, 0.25) is 0 Å². The number of nitrogens with two attached hydrogens (primary N) is 1. The van der Waals surface area contributed by atoms with E-state index in [1.807, 2.05) is 6.92 Å². The normalized spacial score (nSPS) is 28.0. The molecule has 0 radical (unpaired) electrons. The van der Waals surface area contributed by atoms with Gasteiger partial charge in [0.15, 0.2) is 0 Å². The maximum absolute atomic E-state index is 11.6. The molecule has 1 fully saturated rings. The van der Waals surface area contributed by atoms with E-state index in [-0.39, 0.29) is 18.1 Å². The third-order valence-electron chi connectivity index (χ3n) is 3.73. The van der Waals surface area contributed by atoms with Gasteiger partial charge in [0.2, 0.25) is 5.91 Å². The van der Waals surface area contributed by atoms with Crippen molar-refractivity contribution in [3.63, 3.8) is 0 Å². The molecule has 3 unspecified atom stereocenters. The molecule has 1 amide bonds. The van der Waals surface area contributed by atoms with Crippen molar-refractivity contribution in [2.24, 2.45) is 5.73 Å². The summed E-state index contributed by atoms with van der Waals surface area (Å²) in [5, 5.41) is 3.27. The van der Waals surface area contributed by atoms with E-state index in [1.54, 1.807) is 0 Å². The molecule has 1 heterocycles. The molecule has 1 saturated heterocycles. The number of primary amides is 1. The molecule has 1 aliphatic rings. The minimum absolute atomic E-state index is 0.257. The van der Waals surface area contributed by atoms with Crippen LogP contribution in [0.25, 0.3) is 0 Å². The summed E-state index contributed by atoms with van der Waals surface area (Å²) >= 11 is 0. The first-order valence-electron chi connectivity index (χ1n) is 7.30. The zero-order valence-electron chi connectivity index (χ0n) is 12.7. The van der Waals surface area contributed by atoms with Gasteiger partial charge in [-0.05, 0) is 40.2 Å². The van der Waals surface area contributed by atoms with E-state index in [1.165, 1.54) is 0 Å². The number of nitrogens with zero attached hydrogens (tertiary/aromatic N) is 1. The molecule has 1 aliphatic heterocycles. The molecule has 0 aliphatic carbocycles. The quantitative estimate of drug-likeness (QED) is 0.716. The van der Waals surface area contributed by atoms with Crippen molar-refractivity contribution in [3.05, 3.63) is 0 Å². The summed E-state index contributed by atoms with van der Waals surface area (Å²) in [5.41, 5.74) is 4.93. The Bertz CT molecular complexity index is 288. The van der Waals surface area contributed by atoms with Crippen LogP contribution in [-0.4, -0.2) is 54.7 Å². The molecular weight excluding hydrogens is 242 g/mol. The lowest BCUT2D eigenvalue weighted by atomic mass is 9.96. The number of ether oxygens (including phenoxy) is 1. The van der Waals surface area contributed by atoms with E-state index in [2.05, 4.69) is 31.0 Å². The van der Waals surface area contributed by atoms with E-state index in [4.69, 9.17) is 10.5 Å². The van der Waals surface area contributed by atoms with E-state index < -0.39 is 5.54 Å². The molecule has 0 spiro atoms. The Labute approximate surface area is 116 Å². The van der Waals surface area contributed by atoms with Crippen molar-refractivity contribution in [3.8, 4) is 0 Å². The number of nitrogens with one attached hydrogen (secondary N) is 1. The minimum Gasteiger partial charge on any atom is -0.373 e. The SMILES string of the molecule is CCCNC(C)(CCN1CC(C)OC(C)C1)C(N)=O. The average Bonchev–Trinajstić information content (AvgIpc) is 2.32. The molecule has 0 aromatic rings. The monoisotopic (exact) mass is 271 g/mol. The highest BCUT2D eigenvalue weighted by molar-refractivity contribution is 5.84. The fourth-order valence-electron chi connectivity index (χ4n) is 2.55. The Morgan fingerprint density at radius 2 is 2.00 bits per heavy atom. The Balaban J connectivity index is 2.49. The molecule has 19 heavy (non-hydrogen) atoms. The molecule has 0 bridgehead atoms. The topological polar surface area (TPSA) is 67.6 Å². The van der Waals surface area contributed by atoms with Crippen LogP contribution < -0.4 is 11.1 Å². The molecule has 112 valence electrons. The molecule has 5 heteroatoms. The van der Waals surface area contributed by atoms with Gasteiger partial charge in [0.25, 0.3) is 0 Å². The van der Waals surface area contributed by atoms with Crippen molar-refractivity contribution < 1.29 is 9.53 Å². The smallest absolute Gasteiger partial charge is 0.237 e. The predicted octanol–water partition coefficient (Wildman–Crippen LogP) is 0.729. The Morgan fingerprint density at radius 3 is 2.47 bits per heavy atom. The van der Waals surface area contributed by atoms with Crippen LogP contribution in [0.1, 0.15) is 40.5 Å². The number of hydrogen-bond donors (Lipinski definition) is 2. The van der Waals surface area contributed by atoms with Crippen LogP contribution in [0.4, 0.5) is 0 Å². The van der Waals surface area contributed by atoms with E-state index in [0.29, 0.717) is 0 Å². The Kier molecular flexibility index (Phi) is 6.23. The van der Waals surface area contributed by atoms with Gasteiger partial charge in [-0.25, -0.2) is 0 Å². The minimum atomic E-state index is -0.610. The Morgan fingerprint density at radius 1 is 1.42 bits per heavy atom. The standard InChI is InChI=1S/C14H29N3O2/c1-5-7-16-14(4,13(15)18)6-8-17-9-11(2)19-12(3)10-17/h11-12,16H,5-10H2,1-4H3,(H2,15,18). The summed E-state index contributed by atoms with van der Waals surface area (Å²) in [4.78, 5) is 14.0. The van der Waals surface area contributed by atoms with E-state index >= 15 is 0 Å². The van der Waals surface area contributed by atoms with Gasteiger partial charge in [-0.3, -0.25) is 9.69 Å². The summed E-state index contributed by atoms with van der Waals surface area (Å²) in [6, 6.07) is 0. The summed E-state index contributed by atoms with van der Waals surface area (Å²) < 4.78 is 5.71. The molecule has 0 aromatic carbocycles. The fourth-order valence-corrected chi connectivity index (χ4v) is 2.55. The summed E-state index contributed by atoms with van der Waals surface area (Å²) in [6.45, 7) is 11.7. The van der Waals surface area contributed by atoms with E-state index in [0.717, 1.165) is 39.0 Å². The van der Waals surface area contributed by atoms with Gasteiger partial charge in [0.05, 0.1) is 17.7 Å². The van der Waals surface area contributed by atoms with Crippen LogP contribution in [0, 0.1) is 0 Å². The number of hydrogen-bond acceptors (Lipinski definition) is 4. The van der Waals surface area contributed by atoms with Crippen LogP contribution >= 0.6 is 0 Å². The van der Waals surface area contributed by atoms with Crippen LogP contribution in [0.15, 0.2) is 0 Å². The zero-order valence-corrected chi connectivity index (χ0v) is 12.7. The van der Waals surface area contributed by atoms with Gasteiger partial charge in [-0.1, -0.05) is 6.92 Å². The van der Waals surface area contributed by atoms with Crippen LogP contribution in [0.3, 0.4) is 0 Å². The van der Waals surface area contributed by atoms with Crippen molar-refractivity contribution >= 4 is 5.91 Å². The maximum atomic E-state index is 11.6. The zero-order chi connectivity index (χ0) is 14.5. The molecule has 1 rings (SSSR count). The average molecular weight is 271 g/mol. The number of amides is 1. The summed E-state index contributed by atoms with van der Waals surface area (Å²) in [6.07, 6.45) is 2.25. The second kappa shape index (κ2) is 7.22. The molecule has 3 atom stereocenters. The molecule has 3 N–H and O–H groups in total. The number of morpholine rings is 1. The first kappa shape index (κ1) is 16.4. The third-order valence-corrected chi connectivity index (χ3v) is 3.73. The highest BCUT2D eigenvalue weighted by Crippen LogP contribution is 2.15. The van der Waals surface area contributed by atoms with Gasteiger partial charge >= 0.3 is 0 Å². The van der Waals surface area contributed by atoms with Gasteiger partial charge in [-0.2, -0.15) is 0 Å². The third kappa shape index (κ3) is 5.09. The van der Waals surface area contributed by atoms with Gasteiger partial charge in [0.1, 0.15) is 0 Å². The van der Waals surface area contributed by atoms with Gasteiger partial charge < -0.3 is 15.8 Å². The second-order valence-electron chi connectivity index (χ2n) is 5.89. The molecule has 0 aromatic heterocycles. The lowest BCUT2D eigenvalue weighted by Gasteiger charge is -2.37. The molecule has 0 saturated carbocycles. The van der Waals surface area contributed by atoms with Crippen LogP contribution in [-0.2, 0) is 9.53 Å². The van der Waals surface area contributed by atoms with Gasteiger partial charge in [-0.15, -0.1) is 0 Å². The van der Waals surface area contributed by atoms with Crippen molar-refractivity contribution in [2.45, 2.75) is 58.3 Å². The first-order chi connectivity index (χ1) is 8.87.